The van der Waals surface area contributed by atoms with Gasteiger partial charge < -0.3 is 14.8 Å². The number of carbonyl (C=O) groups is 1. The predicted molar refractivity (Wildman–Crippen MR) is 116 cm³/mol. The van der Waals surface area contributed by atoms with Crippen LogP contribution >= 0.6 is 0 Å². The van der Waals surface area contributed by atoms with Gasteiger partial charge in [0.15, 0.2) is 9.84 Å². The number of carbonyl (C=O) groups excluding carboxylic acids is 1. The maximum absolute atomic E-state index is 12.8. The summed E-state index contributed by atoms with van der Waals surface area (Å²) in [5, 5.41) is 2.87. The number of nitrogens with one attached hydrogen (secondary N) is 1. The molecule has 6 nitrogen and oxygen atoms in total. The molecule has 1 saturated carbocycles. The lowest BCUT2D eigenvalue weighted by Crippen LogP contribution is -2.25. The average Bonchev–Trinajstić information content (AvgIpc) is 2.72. The lowest BCUT2D eigenvalue weighted by molar-refractivity contribution is 0.0946. The first kappa shape index (κ1) is 22.2. The van der Waals surface area contributed by atoms with Crippen LogP contribution in [0, 0.1) is 6.92 Å². The molecule has 0 saturated heterocycles. The summed E-state index contributed by atoms with van der Waals surface area (Å²) in [5.74, 6) is 0.711. The molecule has 0 unspecified atom stereocenters. The number of rotatable bonds is 7. The molecular weight excluding hydrogens is 402 g/mol. The van der Waals surface area contributed by atoms with Crippen molar-refractivity contribution in [1.29, 1.82) is 0 Å². The number of hydrogen-bond acceptors (Lipinski definition) is 5. The molecule has 0 heterocycles. The molecule has 30 heavy (non-hydrogen) atoms. The van der Waals surface area contributed by atoms with E-state index in [1.165, 1.54) is 44.6 Å². The molecule has 7 heteroatoms. The second kappa shape index (κ2) is 9.51. The summed E-state index contributed by atoms with van der Waals surface area (Å²) in [6, 6.07) is 10.2. The maximum atomic E-state index is 12.8. The van der Waals surface area contributed by atoms with Crippen LogP contribution in [0.2, 0.25) is 0 Å². The highest BCUT2D eigenvalue weighted by atomic mass is 32.2. The van der Waals surface area contributed by atoms with E-state index in [0.29, 0.717) is 5.75 Å². The molecule has 2 aromatic rings. The molecule has 3 rings (SSSR count). The summed E-state index contributed by atoms with van der Waals surface area (Å²) >= 11 is 0. The predicted octanol–water partition coefficient (Wildman–Crippen LogP) is 4.05. The summed E-state index contributed by atoms with van der Waals surface area (Å²) in [7, 11) is -1.99. The minimum absolute atomic E-state index is 0.0742. The van der Waals surface area contributed by atoms with E-state index in [-0.39, 0.29) is 23.1 Å². The van der Waals surface area contributed by atoms with Gasteiger partial charge in [-0.05, 0) is 62.4 Å². The third kappa shape index (κ3) is 5.53. The zero-order valence-corrected chi connectivity index (χ0v) is 18.6. The van der Waals surface area contributed by atoms with Crippen LogP contribution in [0.5, 0.6) is 11.5 Å². The van der Waals surface area contributed by atoms with E-state index in [1.54, 1.807) is 0 Å². The van der Waals surface area contributed by atoms with Gasteiger partial charge in [-0.2, -0.15) is 0 Å². The number of benzene rings is 2. The van der Waals surface area contributed by atoms with Crippen molar-refractivity contribution in [2.45, 2.75) is 56.6 Å². The number of sulfone groups is 1. The Hall–Kier alpha value is -2.54. The summed E-state index contributed by atoms with van der Waals surface area (Å²) in [4.78, 5) is 12.9. The van der Waals surface area contributed by atoms with E-state index in [0.717, 1.165) is 36.0 Å². The van der Waals surface area contributed by atoms with Crippen molar-refractivity contribution in [1.82, 2.24) is 5.32 Å². The Morgan fingerprint density at radius 1 is 1.07 bits per heavy atom. The molecule has 1 N–H and O–H groups in total. The van der Waals surface area contributed by atoms with E-state index in [9.17, 15) is 13.2 Å². The number of amides is 1. The molecule has 0 bridgehead atoms. The molecule has 0 aliphatic heterocycles. The normalized spacial score (nSPS) is 14.9. The molecular formula is C23H29NO5S. The van der Waals surface area contributed by atoms with Gasteiger partial charge in [-0.25, -0.2) is 8.42 Å². The fourth-order valence-corrected chi connectivity index (χ4v) is 4.29. The summed E-state index contributed by atoms with van der Waals surface area (Å²) in [6.45, 7) is 2.28. The number of hydrogen-bond donors (Lipinski definition) is 1. The van der Waals surface area contributed by atoms with Crippen LogP contribution in [0.4, 0.5) is 0 Å². The fraction of sp³-hybridized carbons (Fsp3) is 0.435. The lowest BCUT2D eigenvalue weighted by atomic mass is 9.97. The van der Waals surface area contributed by atoms with Gasteiger partial charge in [-0.1, -0.05) is 18.6 Å². The first-order valence-corrected chi connectivity index (χ1v) is 12.1. The molecule has 0 atom stereocenters. The quantitative estimate of drug-likeness (QED) is 0.715. The fourth-order valence-electron chi connectivity index (χ4n) is 3.65. The van der Waals surface area contributed by atoms with E-state index >= 15 is 0 Å². The van der Waals surface area contributed by atoms with Gasteiger partial charge in [0.1, 0.15) is 11.5 Å². The minimum Gasteiger partial charge on any atom is -0.496 e. The Kier molecular flexibility index (Phi) is 7.02. The zero-order valence-electron chi connectivity index (χ0n) is 17.7. The van der Waals surface area contributed by atoms with Crippen molar-refractivity contribution in [3.05, 3.63) is 53.1 Å². The molecule has 0 aromatic heterocycles. The van der Waals surface area contributed by atoms with Crippen LogP contribution in [0.25, 0.3) is 0 Å². The molecule has 1 aliphatic carbocycles. The van der Waals surface area contributed by atoms with Gasteiger partial charge in [0.2, 0.25) is 0 Å². The smallest absolute Gasteiger partial charge is 0.255 e. The monoisotopic (exact) mass is 431 g/mol. The first-order chi connectivity index (χ1) is 14.3. The van der Waals surface area contributed by atoms with Crippen molar-refractivity contribution >= 4 is 15.7 Å². The van der Waals surface area contributed by atoms with Gasteiger partial charge in [0.25, 0.3) is 5.91 Å². The lowest BCUT2D eigenvalue weighted by Gasteiger charge is -2.24. The second-order valence-electron chi connectivity index (χ2n) is 7.81. The Balaban J connectivity index is 1.77. The van der Waals surface area contributed by atoms with Crippen molar-refractivity contribution < 1.29 is 22.7 Å². The van der Waals surface area contributed by atoms with E-state index in [2.05, 4.69) is 5.32 Å². The van der Waals surface area contributed by atoms with Crippen molar-refractivity contribution in [3.8, 4) is 11.5 Å². The van der Waals surface area contributed by atoms with Crippen LogP contribution in [-0.2, 0) is 16.4 Å². The molecule has 2 aromatic carbocycles. The number of aryl methyl sites for hydroxylation is 1. The SMILES string of the molecule is COc1ccc(S(C)(=O)=O)cc1C(=O)NCc1ccc(C)cc1OC1CCCCC1. The topological polar surface area (TPSA) is 81.7 Å². The van der Waals surface area contributed by atoms with Crippen LogP contribution < -0.4 is 14.8 Å². The molecule has 1 fully saturated rings. The van der Waals surface area contributed by atoms with E-state index < -0.39 is 15.7 Å². The number of methoxy groups -OCH3 is 1. The van der Waals surface area contributed by atoms with E-state index in [1.807, 2.05) is 25.1 Å². The Bertz CT molecular complexity index is 1010. The summed E-state index contributed by atoms with van der Waals surface area (Å²) in [5.41, 5.74) is 2.17. The molecule has 1 aliphatic rings. The maximum Gasteiger partial charge on any atom is 0.255 e. The van der Waals surface area contributed by atoms with Gasteiger partial charge in [-0.15, -0.1) is 0 Å². The highest BCUT2D eigenvalue weighted by molar-refractivity contribution is 7.90. The second-order valence-corrected chi connectivity index (χ2v) is 9.82. The first-order valence-electron chi connectivity index (χ1n) is 10.2. The summed E-state index contributed by atoms with van der Waals surface area (Å²) in [6.07, 6.45) is 7.03. The molecule has 162 valence electrons. The standard InChI is InChI=1S/C23H29NO5S/c1-16-9-10-17(22(13-16)29-18-7-5-4-6-8-18)15-24-23(25)20-14-19(30(3,26)27)11-12-21(20)28-2/h9-14,18H,4-8,15H2,1-3H3,(H,24,25). The Morgan fingerprint density at radius 3 is 2.47 bits per heavy atom. The Labute approximate surface area is 178 Å². The van der Waals surface area contributed by atoms with Crippen molar-refractivity contribution in [2.24, 2.45) is 0 Å². The third-order valence-electron chi connectivity index (χ3n) is 5.35. The average molecular weight is 432 g/mol. The minimum atomic E-state index is -3.43. The van der Waals surface area contributed by atoms with Crippen LogP contribution in [0.15, 0.2) is 41.3 Å². The van der Waals surface area contributed by atoms with Crippen LogP contribution in [-0.4, -0.2) is 33.8 Å². The largest absolute Gasteiger partial charge is 0.496 e. The Morgan fingerprint density at radius 2 is 1.80 bits per heavy atom. The van der Waals surface area contributed by atoms with Gasteiger partial charge in [0.05, 0.1) is 23.7 Å². The highest BCUT2D eigenvalue weighted by Gasteiger charge is 2.19. The van der Waals surface area contributed by atoms with Gasteiger partial charge in [0, 0.05) is 18.4 Å². The zero-order chi connectivity index (χ0) is 21.7. The third-order valence-corrected chi connectivity index (χ3v) is 6.46. The van der Waals surface area contributed by atoms with E-state index in [4.69, 9.17) is 9.47 Å². The van der Waals surface area contributed by atoms with Crippen molar-refractivity contribution in [3.63, 3.8) is 0 Å². The van der Waals surface area contributed by atoms with Gasteiger partial charge in [-0.3, -0.25) is 4.79 Å². The molecule has 0 radical (unpaired) electrons. The molecule has 0 spiro atoms. The summed E-state index contributed by atoms with van der Waals surface area (Å²) < 4.78 is 35.2. The number of ether oxygens (including phenoxy) is 2. The molecule has 1 amide bonds. The van der Waals surface area contributed by atoms with Gasteiger partial charge >= 0.3 is 0 Å². The van der Waals surface area contributed by atoms with Crippen LogP contribution in [0.1, 0.15) is 53.6 Å². The van der Waals surface area contributed by atoms with Crippen LogP contribution in [0.3, 0.4) is 0 Å². The highest BCUT2D eigenvalue weighted by Crippen LogP contribution is 2.28. The van der Waals surface area contributed by atoms with Crippen molar-refractivity contribution in [2.75, 3.05) is 13.4 Å².